The highest BCUT2D eigenvalue weighted by Crippen LogP contribution is 2.40. The molecule has 50 heavy (non-hydrogen) atoms. The minimum absolute atomic E-state index is 0.0944. The minimum Gasteiger partial charge on any atom is -0.481 e. The van der Waals surface area contributed by atoms with E-state index in [0.717, 1.165) is 74.0 Å². The molecule has 0 radical (unpaired) electrons. The van der Waals surface area contributed by atoms with E-state index in [9.17, 15) is 20.0 Å². The normalized spacial score (nSPS) is 16.0. The van der Waals surface area contributed by atoms with Crippen LogP contribution in [0.1, 0.15) is 59.5 Å². The highest BCUT2D eigenvalue weighted by atomic mass is 32.1. The van der Waals surface area contributed by atoms with Crippen molar-refractivity contribution in [1.29, 1.82) is 5.26 Å². The molecule has 0 spiro atoms. The molecule has 0 bridgehead atoms. The lowest BCUT2D eigenvalue weighted by Gasteiger charge is -2.17. The summed E-state index contributed by atoms with van der Waals surface area (Å²) in [5, 5.41) is 23.4. The number of amides is 1. The van der Waals surface area contributed by atoms with Crippen molar-refractivity contribution < 1.29 is 19.1 Å². The van der Waals surface area contributed by atoms with E-state index in [1.165, 1.54) is 0 Å². The second kappa shape index (κ2) is 13.8. The molecule has 11 heteroatoms. The topological polar surface area (TPSA) is 136 Å². The molecule has 2 aliphatic rings. The number of rotatable bonds is 10. The van der Waals surface area contributed by atoms with Gasteiger partial charge in [0, 0.05) is 41.6 Å². The fourth-order valence-electron chi connectivity index (χ4n) is 7.16. The number of benzene rings is 3. The van der Waals surface area contributed by atoms with Crippen molar-refractivity contribution in [3.05, 3.63) is 81.4 Å². The number of aromatic nitrogens is 2. The fraction of sp³-hybridized carbons (Fsp3) is 0.359. The Morgan fingerprint density at radius 1 is 1.06 bits per heavy atom. The van der Waals surface area contributed by atoms with Gasteiger partial charge in [0.2, 0.25) is 11.8 Å². The summed E-state index contributed by atoms with van der Waals surface area (Å²) in [7, 11) is 0. The summed E-state index contributed by atoms with van der Waals surface area (Å²) in [6.45, 7) is 11.9. The van der Waals surface area contributed by atoms with Gasteiger partial charge in [-0.05, 0) is 78.7 Å². The maximum Gasteiger partial charge on any atom is 0.303 e. The first kappa shape index (κ1) is 33.6. The van der Waals surface area contributed by atoms with Gasteiger partial charge in [-0.3, -0.25) is 14.5 Å². The van der Waals surface area contributed by atoms with Crippen LogP contribution >= 0.6 is 11.3 Å². The van der Waals surface area contributed by atoms with Crippen molar-refractivity contribution in [1.82, 2.24) is 25.1 Å². The molecule has 2 N–H and O–H groups in total. The molecule has 4 heterocycles. The van der Waals surface area contributed by atoms with E-state index in [2.05, 4.69) is 54.4 Å². The number of carbonyl (C=O) groups is 2. The highest BCUT2D eigenvalue weighted by molar-refractivity contribution is 7.15. The number of hydrogen-bond acceptors (Lipinski definition) is 9. The summed E-state index contributed by atoms with van der Waals surface area (Å²) >= 11 is 1.66. The van der Waals surface area contributed by atoms with E-state index in [0.29, 0.717) is 48.7 Å². The van der Waals surface area contributed by atoms with Crippen LogP contribution in [0.15, 0.2) is 52.9 Å². The third-order valence-corrected chi connectivity index (χ3v) is 10.9. The van der Waals surface area contributed by atoms with Gasteiger partial charge >= 0.3 is 5.97 Å². The van der Waals surface area contributed by atoms with E-state index in [4.69, 9.17) is 14.4 Å². The molecule has 0 saturated carbocycles. The molecule has 2 aromatic heterocycles. The number of nitrogens with one attached hydrogen (secondary N) is 1. The average Bonchev–Trinajstić information content (AvgIpc) is 3.87. The van der Waals surface area contributed by atoms with Gasteiger partial charge in [-0.1, -0.05) is 44.2 Å². The molecule has 1 amide bonds. The van der Waals surface area contributed by atoms with Crippen LogP contribution in [0.4, 0.5) is 0 Å². The predicted molar refractivity (Wildman–Crippen MR) is 193 cm³/mol. The maximum atomic E-state index is 12.7. The number of oxazole rings is 1. The molecule has 10 nitrogen and oxygen atoms in total. The molecule has 1 atom stereocenters. The first-order valence-corrected chi connectivity index (χ1v) is 17.9. The Balaban J connectivity index is 1.14. The third kappa shape index (κ3) is 6.66. The zero-order chi connectivity index (χ0) is 35.1. The molecule has 7 rings (SSSR count). The van der Waals surface area contributed by atoms with Crippen molar-refractivity contribution in [2.24, 2.45) is 5.92 Å². The van der Waals surface area contributed by atoms with Crippen LogP contribution in [0, 0.1) is 31.1 Å². The lowest BCUT2D eigenvalue weighted by molar-refractivity contribution is -0.138. The van der Waals surface area contributed by atoms with Crippen LogP contribution in [0.5, 0.6) is 0 Å². The number of carboxylic acid groups (broad SMARTS) is 1. The van der Waals surface area contributed by atoms with Crippen molar-refractivity contribution in [2.45, 2.75) is 66.2 Å². The molecule has 3 aromatic carbocycles. The van der Waals surface area contributed by atoms with Crippen molar-refractivity contribution in [2.75, 3.05) is 19.6 Å². The summed E-state index contributed by atoms with van der Waals surface area (Å²) in [5.74, 6) is -0.0601. The molecule has 0 aliphatic carbocycles. The van der Waals surface area contributed by atoms with E-state index < -0.39 is 5.97 Å². The smallest absolute Gasteiger partial charge is 0.303 e. The lowest BCUT2D eigenvalue weighted by atomic mass is 9.91. The zero-order valence-corrected chi connectivity index (χ0v) is 29.6. The lowest BCUT2D eigenvalue weighted by Crippen LogP contribution is -2.37. The van der Waals surface area contributed by atoms with E-state index >= 15 is 0 Å². The molecule has 0 unspecified atom stereocenters. The first-order valence-electron chi connectivity index (χ1n) is 17.1. The molecule has 1 fully saturated rings. The second-order valence-electron chi connectivity index (χ2n) is 13.7. The summed E-state index contributed by atoms with van der Waals surface area (Å²) in [6, 6.07) is 18.8. The molecular weight excluding hydrogens is 649 g/mol. The van der Waals surface area contributed by atoms with Crippen LogP contribution < -0.4 is 5.32 Å². The number of carboxylic acids is 1. The SMILES string of the molecule is Cc1c(-c2nc3cc(CN4CC[C@@H](CC(=O)O)C4)cc(C#N)c3o2)cccc1-c1cccc(-c2nc3c(s2)CN(C(=O)CNC(C)C)C3)c1C. The molecular formula is C39H40N6O4S. The Morgan fingerprint density at radius 3 is 2.48 bits per heavy atom. The van der Waals surface area contributed by atoms with Gasteiger partial charge in [-0.25, -0.2) is 9.97 Å². The van der Waals surface area contributed by atoms with Gasteiger partial charge in [0.05, 0.1) is 30.9 Å². The number of likely N-dealkylation sites (tertiary alicyclic amines) is 1. The van der Waals surface area contributed by atoms with Crippen LogP contribution in [0.25, 0.3) is 44.3 Å². The van der Waals surface area contributed by atoms with Crippen LogP contribution in [0.3, 0.4) is 0 Å². The van der Waals surface area contributed by atoms with Crippen LogP contribution in [0.2, 0.25) is 0 Å². The summed E-state index contributed by atoms with van der Waals surface area (Å²) in [5.41, 5.74) is 9.69. The quantitative estimate of drug-likeness (QED) is 0.160. The Bertz CT molecular complexity index is 2140. The number of hydrogen-bond donors (Lipinski definition) is 2. The first-order chi connectivity index (χ1) is 24.1. The Labute approximate surface area is 295 Å². The summed E-state index contributed by atoms with van der Waals surface area (Å²) in [4.78, 5) is 39.0. The number of carbonyl (C=O) groups excluding carboxylic acids is 1. The summed E-state index contributed by atoms with van der Waals surface area (Å²) < 4.78 is 6.29. The zero-order valence-electron chi connectivity index (χ0n) is 28.7. The van der Waals surface area contributed by atoms with Crippen LogP contribution in [-0.4, -0.2) is 62.4 Å². The Morgan fingerprint density at radius 2 is 1.78 bits per heavy atom. The van der Waals surface area contributed by atoms with E-state index in [1.54, 1.807) is 11.3 Å². The van der Waals surface area contributed by atoms with Gasteiger partial charge < -0.3 is 19.7 Å². The number of thiazole rings is 1. The van der Waals surface area contributed by atoms with E-state index in [1.807, 2.05) is 43.0 Å². The van der Waals surface area contributed by atoms with Gasteiger partial charge in [0.15, 0.2) is 5.58 Å². The standard InChI is InChI=1S/C39H40N6O4S/c1-22(2)41-17-35(46)45-20-33-34(21-45)50-39(43-33)31-10-6-8-29(24(31)4)28-7-5-9-30(23(28)3)38-42-32-14-26(13-27(16-40)37(32)49-38)19-44-12-11-25(18-44)15-36(47)48/h5-10,13-14,22,25,41H,11-12,15,17-21H2,1-4H3,(H,47,48)/t25-/m0/s1. The number of nitriles is 1. The van der Waals surface area contributed by atoms with Crippen LogP contribution in [-0.2, 0) is 29.2 Å². The fourth-order valence-corrected chi connectivity index (χ4v) is 8.33. The average molecular weight is 689 g/mol. The van der Waals surface area contributed by atoms with Gasteiger partial charge in [0.1, 0.15) is 16.6 Å². The number of nitrogens with zero attached hydrogens (tertiary/aromatic N) is 5. The van der Waals surface area contributed by atoms with Crippen molar-refractivity contribution >= 4 is 34.3 Å². The number of aliphatic carboxylic acids is 1. The van der Waals surface area contributed by atoms with Gasteiger partial charge in [-0.15, -0.1) is 11.3 Å². The Kier molecular flexibility index (Phi) is 9.26. The largest absolute Gasteiger partial charge is 0.481 e. The molecule has 2 aliphatic heterocycles. The van der Waals surface area contributed by atoms with Gasteiger partial charge in [0.25, 0.3) is 0 Å². The monoisotopic (exact) mass is 688 g/mol. The van der Waals surface area contributed by atoms with Crippen molar-refractivity contribution in [3.63, 3.8) is 0 Å². The Hall–Kier alpha value is -4.89. The van der Waals surface area contributed by atoms with Crippen molar-refractivity contribution in [3.8, 4) is 39.2 Å². The van der Waals surface area contributed by atoms with E-state index in [-0.39, 0.29) is 24.3 Å². The molecule has 256 valence electrons. The maximum absolute atomic E-state index is 12.7. The number of fused-ring (bicyclic) bond motifs is 2. The highest BCUT2D eigenvalue weighted by Gasteiger charge is 2.28. The second-order valence-corrected chi connectivity index (χ2v) is 14.8. The summed E-state index contributed by atoms with van der Waals surface area (Å²) in [6.07, 6.45) is 1.04. The molecule has 5 aromatic rings. The third-order valence-electron chi connectivity index (χ3n) is 9.80. The molecule has 1 saturated heterocycles. The minimum atomic E-state index is -0.762. The van der Waals surface area contributed by atoms with Gasteiger partial charge in [-0.2, -0.15) is 5.26 Å². The predicted octanol–water partition coefficient (Wildman–Crippen LogP) is 6.91.